The SMILES string of the molecule is C=CC(=O)N(C)CCCc1ccc(-c2ccc(C3CCC(CCCCC)CC3)cc2)c(F)c1. The normalized spacial score (nSPS) is 18.2. The first-order chi connectivity index (χ1) is 16.0. The first-order valence-corrected chi connectivity index (χ1v) is 12.8. The second kappa shape index (κ2) is 12.7. The van der Waals surface area contributed by atoms with Crippen molar-refractivity contribution in [3.63, 3.8) is 0 Å². The number of carbonyl (C=O) groups excluding carboxylic acids is 1. The van der Waals surface area contributed by atoms with Crippen LogP contribution in [0.1, 0.15) is 81.8 Å². The van der Waals surface area contributed by atoms with Gasteiger partial charge >= 0.3 is 0 Å². The highest BCUT2D eigenvalue weighted by Gasteiger charge is 2.22. The third-order valence-corrected chi connectivity index (χ3v) is 7.30. The maximum Gasteiger partial charge on any atom is 0.245 e. The Hall–Kier alpha value is -2.42. The summed E-state index contributed by atoms with van der Waals surface area (Å²) in [6.07, 6.45) is 13.6. The highest BCUT2D eigenvalue weighted by atomic mass is 19.1. The molecule has 1 fully saturated rings. The molecule has 0 saturated heterocycles. The third kappa shape index (κ3) is 7.28. The number of likely N-dealkylation sites (N-methyl/N-ethyl adjacent to an activating group) is 1. The number of halogens is 1. The smallest absolute Gasteiger partial charge is 0.245 e. The molecule has 0 spiro atoms. The lowest BCUT2D eigenvalue weighted by Gasteiger charge is -2.29. The van der Waals surface area contributed by atoms with Crippen LogP contribution in [0.2, 0.25) is 0 Å². The molecule has 0 atom stereocenters. The van der Waals surface area contributed by atoms with Crippen molar-refractivity contribution in [3.05, 3.63) is 72.1 Å². The van der Waals surface area contributed by atoms with Crippen LogP contribution in [-0.4, -0.2) is 24.4 Å². The van der Waals surface area contributed by atoms with Crippen molar-refractivity contribution in [2.75, 3.05) is 13.6 Å². The van der Waals surface area contributed by atoms with Crippen molar-refractivity contribution in [3.8, 4) is 11.1 Å². The Morgan fingerprint density at radius 1 is 1.06 bits per heavy atom. The highest BCUT2D eigenvalue weighted by Crippen LogP contribution is 2.38. The Labute approximate surface area is 199 Å². The fourth-order valence-electron chi connectivity index (χ4n) is 5.14. The number of aryl methyl sites for hydroxylation is 1. The van der Waals surface area contributed by atoms with Crippen LogP contribution in [0.4, 0.5) is 4.39 Å². The fraction of sp³-hybridized carbons (Fsp3) is 0.500. The zero-order chi connectivity index (χ0) is 23.6. The van der Waals surface area contributed by atoms with Crippen LogP contribution < -0.4 is 0 Å². The summed E-state index contributed by atoms with van der Waals surface area (Å²) in [4.78, 5) is 13.2. The van der Waals surface area contributed by atoms with Gasteiger partial charge in [0, 0.05) is 19.2 Å². The molecule has 3 heteroatoms. The average molecular weight is 450 g/mol. The molecule has 0 radical (unpaired) electrons. The van der Waals surface area contributed by atoms with Crippen LogP contribution in [0.3, 0.4) is 0 Å². The van der Waals surface area contributed by atoms with E-state index in [0.29, 0.717) is 18.0 Å². The molecule has 3 rings (SSSR count). The molecular weight excluding hydrogens is 409 g/mol. The summed E-state index contributed by atoms with van der Waals surface area (Å²) in [6, 6.07) is 14.1. The largest absolute Gasteiger partial charge is 0.342 e. The van der Waals surface area contributed by atoms with E-state index >= 15 is 0 Å². The Balaban J connectivity index is 1.53. The van der Waals surface area contributed by atoms with Gasteiger partial charge in [0.1, 0.15) is 5.82 Å². The van der Waals surface area contributed by atoms with Crippen molar-refractivity contribution < 1.29 is 9.18 Å². The Kier molecular flexibility index (Phi) is 9.72. The Bertz CT molecular complexity index is 896. The van der Waals surface area contributed by atoms with Gasteiger partial charge in [0.2, 0.25) is 5.91 Å². The standard InChI is InChI=1S/C30H40FNO/c1-4-6-7-9-23-11-14-25(15-12-23)26-16-18-27(19-17-26)28-20-13-24(22-29(28)31)10-8-21-32(3)30(33)5-2/h5,13,16-20,22-23,25H,2,4,6-12,14-15,21H2,1,3H3. The van der Waals surface area contributed by atoms with E-state index in [-0.39, 0.29) is 11.7 Å². The van der Waals surface area contributed by atoms with Gasteiger partial charge in [0.25, 0.3) is 0 Å². The van der Waals surface area contributed by atoms with E-state index in [9.17, 15) is 9.18 Å². The summed E-state index contributed by atoms with van der Waals surface area (Å²) in [6.45, 7) is 6.41. The van der Waals surface area contributed by atoms with E-state index in [1.54, 1.807) is 18.0 Å². The maximum absolute atomic E-state index is 14.9. The number of unbranched alkanes of at least 4 members (excludes halogenated alkanes) is 2. The van der Waals surface area contributed by atoms with Crippen molar-refractivity contribution >= 4 is 5.91 Å². The predicted molar refractivity (Wildman–Crippen MR) is 137 cm³/mol. The van der Waals surface area contributed by atoms with Gasteiger partial charge in [0.15, 0.2) is 0 Å². The summed E-state index contributed by atoms with van der Waals surface area (Å²) in [7, 11) is 1.76. The maximum atomic E-state index is 14.9. The first-order valence-electron chi connectivity index (χ1n) is 12.8. The lowest BCUT2D eigenvalue weighted by atomic mass is 9.77. The van der Waals surface area contributed by atoms with E-state index in [2.05, 4.69) is 37.8 Å². The molecule has 2 aromatic rings. The van der Waals surface area contributed by atoms with Crippen LogP contribution in [0.5, 0.6) is 0 Å². The zero-order valence-corrected chi connectivity index (χ0v) is 20.5. The van der Waals surface area contributed by atoms with Gasteiger partial charge in [-0.1, -0.05) is 75.6 Å². The van der Waals surface area contributed by atoms with Gasteiger partial charge in [-0.2, -0.15) is 0 Å². The lowest BCUT2D eigenvalue weighted by Crippen LogP contribution is -2.25. The summed E-state index contributed by atoms with van der Waals surface area (Å²) < 4.78 is 14.9. The minimum absolute atomic E-state index is 0.0833. The second-order valence-corrected chi connectivity index (χ2v) is 9.72. The van der Waals surface area contributed by atoms with E-state index < -0.39 is 0 Å². The molecule has 0 unspecified atom stereocenters. The van der Waals surface area contributed by atoms with Crippen LogP contribution in [-0.2, 0) is 11.2 Å². The molecule has 1 aliphatic rings. The van der Waals surface area contributed by atoms with Crippen LogP contribution in [0.25, 0.3) is 11.1 Å². The van der Waals surface area contributed by atoms with Crippen LogP contribution in [0, 0.1) is 11.7 Å². The molecule has 0 aliphatic heterocycles. The fourth-order valence-corrected chi connectivity index (χ4v) is 5.14. The number of carbonyl (C=O) groups is 1. The molecule has 2 nitrogen and oxygen atoms in total. The number of hydrogen-bond donors (Lipinski definition) is 0. The van der Waals surface area contributed by atoms with Gasteiger partial charge in [-0.3, -0.25) is 4.79 Å². The molecule has 1 amide bonds. The van der Waals surface area contributed by atoms with Crippen molar-refractivity contribution in [2.24, 2.45) is 5.92 Å². The average Bonchev–Trinajstić information content (AvgIpc) is 2.84. The molecule has 0 bridgehead atoms. The van der Waals surface area contributed by atoms with Crippen molar-refractivity contribution in [2.45, 2.75) is 77.0 Å². The monoisotopic (exact) mass is 449 g/mol. The van der Waals surface area contributed by atoms with E-state index in [4.69, 9.17) is 0 Å². The Morgan fingerprint density at radius 3 is 2.42 bits per heavy atom. The molecule has 2 aromatic carbocycles. The van der Waals surface area contributed by atoms with Gasteiger partial charge in [0.05, 0.1) is 0 Å². The minimum atomic E-state index is -0.177. The van der Waals surface area contributed by atoms with E-state index in [1.165, 1.54) is 63.0 Å². The molecule has 178 valence electrons. The predicted octanol–water partition coefficient (Wildman–Crippen LogP) is 7.92. The zero-order valence-electron chi connectivity index (χ0n) is 20.5. The lowest BCUT2D eigenvalue weighted by molar-refractivity contribution is -0.124. The van der Waals surface area contributed by atoms with Gasteiger partial charge in [-0.25, -0.2) is 4.39 Å². The minimum Gasteiger partial charge on any atom is -0.342 e. The summed E-state index contributed by atoms with van der Waals surface area (Å²) in [5.41, 5.74) is 3.96. The molecule has 0 N–H and O–H groups in total. The molecule has 1 saturated carbocycles. The number of rotatable bonds is 11. The summed E-state index contributed by atoms with van der Waals surface area (Å²) in [5.74, 6) is 1.31. The van der Waals surface area contributed by atoms with Crippen LogP contribution >= 0.6 is 0 Å². The van der Waals surface area contributed by atoms with Gasteiger partial charge < -0.3 is 4.90 Å². The summed E-state index contributed by atoms with van der Waals surface area (Å²) >= 11 is 0. The third-order valence-electron chi connectivity index (χ3n) is 7.30. The molecule has 0 aromatic heterocycles. The number of amides is 1. The number of nitrogens with zero attached hydrogens (tertiary/aromatic N) is 1. The number of benzene rings is 2. The van der Waals surface area contributed by atoms with E-state index in [0.717, 1.165) is 29.9 Å². The molecule has 1 aliphatic carbocycles. The summed E-state index contributed by atoms with van der Waals surface area (Å²) in [5, 5.41) is 0. The van der Waals surface area contributed by atoms with Crippen molar-refractivity contribution in [1.29, 1.82) is 0 Å². The van der Waals surface area contributed by atoms with Crippen LogP contribution in [0.15, 0.2) is 55.1 Å². The molecule has 33 heavy (non-hydrogen) atoms. The van der Waals surface area contributed by atoms with Crippen molar-refractivity contribution in [1.82, 2.24) is 4.90 Å². The quantitative estimate of drug-likeness (QED) is 0.252. The first kappa shape index (κ1) is 25.2. The van der Waals surface area contributed by atoms with Gasteiger partial charge in [-0.15, -0.1) is 0 Å². The molecular formula is C30H40FNO. The van der Waals surface area contributed by atoms with Gasteiger partial charge in [-0.05, 0) is 79.2 Å². The highest BCUT2D eigenvalue weighted by molar-refractivity contribution is 5.86. The molecule has 0 heterocycles. The Morgan fingerprint density at radius 2 is 1.79 bits per heavy atom. The topological polar surface area (TPSA) is 20.3 Å². The van der Waals surface area contributed by atoms with E-state index in [1.807, 2.05) is 12.1 Å². The second-order valence-electron chi connectivity index (χ2n) is 9.72. The number of hydrogen-bond acceptors (Lipinski definition) is 1.